The van der Waals surface area contributed by atoms with Crippen LogP contribution in [0.25, 0.3) is 11.1 Å². The van der Waals surface area contributed by atoms with Gasteiger partial charge in [0.05, 0.1) is 0 Å². The number of benzene rings is 2. The number of amides is 1. The third kappa shape index (κ3) is 3.96. The molecule has 1 fully saturated rings. The number of pyridine rings is 1. The average molecular weight is 374 g/mol. The highest BCUT2D eigenvalue weighted by molar-refractivity contribution is 5.94. The van der Waals surface area contributed by atoms with Crippen LogP contribution in [0.4, 0.5) is 4.39 Å². The molecule has 142 valence electrons. The lowest BCUT2D eigenvalue weighted by Gasteiger charge is -2.33. The predicted molar refractivity (Wildman–Crippen MR) is 109 cm³/mol. The molecule has 3 nitrogen and oxygen atoms in total. The first-order valence-electron chi connectivity index (χ1n) is 9.69. The zero-order valence-corrected chi connectivity index (χ0v) is 15.9. The first-order valence-corrected chi connectivity index (χ1v) is 9.69. The average Bonchev–Trinajstić information content (AvgIpc) is 2.74. The monoisotopic (exact) mass is 374 g/mol. The van der Waals surface area contributed by atoms with Gasteiger partial charge in [-0.25, -0.2) is 4.39 Å². The van der Waals surface area contributed by atoms with Crippen LogP contribution in [-0.2, 0) is 0 Å². The lowest BCUT2D eigenvalue weighted by Crippen LogP contribution is -2.39. The Morgan fingerprint density at radius 3 is 2.54 bits per heavy atom. The van der Waals surface area contributed by atoms with Gasteiger partial charge in [-0.3, -0.25) is 9.78 Å². The van der Waals surface area contributed by atoms with Crippen molar-refractivity contribution in [2.24, 2.45) is 0 Å². The number of aryl methyl sites for hydroxylation is 1. The number of piperidine rings is 1. The number of hydrogen-bond donors (Lipinski definition) is 0. The molecule has 2 heterocycles. The van der Waals surface area contributed by atoms with E-state index in [0.717, 1.165) is 47.5 Å². The van der Waals surface area contributed by atoms with Gasteiger partial charge in [0.1, 0.15) is 5.82 Å². The normalized spacial score (nSPS) is 16.8. The largest absolute Gasteiger partial charge is 0.338 e. The summed E-state index contributed by atoms with van der Waals surface area (Å²) in [6.45, 7) is 3.43. The van der Waals surface area contributed by atoms with Crippen LogP contribution in [0.5, 0.6) is 0 Å². The van der Waals surface area contributed by atoms with Crippen LogP contribution in [0.1, 0.15) is 40.5 Å². The molecular weight excluding hydrogens is 351 g/mol. The summed E-state index contributed by atoms with van der Waals surface area (Å²) in [6.07, 6.45) is 1.97. The Kier molecular flexibility index (Phi) is 5.20. The third-order valence-electron chi connectivity index (χ3n) is 5.30. The van der Waals surface area contributed by atoms with Crippen molar-refractivity contribution in [2.75, 3.05) is 13.1 Å². The van der Waals surface area contributed by atoms with E-state index >= 15 is 0 Å². The molecule has 1 saturated heterocycles. The maximum absolute atomic E-state index is 13.3. The molecule has 0 aliphatic carbocycles. The molecule has 1 aliphatic rings. The number of carbonyl (C=O) groups is 1. The molecule has 1 aromatic heterocycles. The molecule has 0 saturated carbocycles. The molecule has 0 spiro atoms. The summed E-state index contributed by atoms with van der Waals surface area (Å²) in [5, 5.41) is 0. The zero-order valence-electron chi connectivity index (χ0n) is 15.9. The van der Waals surface area contributed by atoms with Crippen molar-refractivity contribution in [1.29, 1.82) is 0 Å². The molecule has 0 bridgehead atoms. The second-order valence-corrected chi connectivity index (χ2v) is 7.39. The maximum atomic E-state index is 13.3. The van der Waals surface area contributed by atoms with Crippen LogP contribution in [0, 0.1) is 12.7 Å². The molecule has 0 radical (unpaired) electrons. The van der Waals surface area contributed by atoms with E-state index in [1.807, 2.05) is 48.2 Å². The fourth-order valence-corrected chi connectivity index (χ4v) is 3.88. The Morgan fingerprint density at radius 1 is 1.04 bits per heavy atom. The molecule has 4 rings (SSSR count). The van der Waals surface area contributed by atoms with E-state index in [-0.39, 0.29) is 17.6 Å². The minimum atomic E-state index is -0.239. The molecule has 4 heteroatoms. The smallest absolute Gasteiger partial charge is 0.253 e. The van der Waals surface area contributed by atoms with Crippen LogP contribution in [-0.4, -0.2) is 28.9 Å². The van der Waals surface area contributed by atoms with E-state index in [1.54, 1.807) is 12.1 Å². The molecule has 1 amide bonds. The minimum absolute atomic E-state index is 0.0803. The van der Waals surface area contributed by atoms with Crippen molar-refractivity contribution >= 4 is 5.91 Å². The minimum Gasteiger partial charge on any atom is -0.338 e. The van der Waals surface area contributed by atoms with Crippen LogP contribution in [0.3, 0.4) is 0 Å². The van der Waals surface area contributed by atoms with Gasteiger partial charge in [-0.1, -0.05) is 30.3 Å². The Bertz CT molecular complexity index is 970. The number of aromatic nitrogens is 1. The molecule has 2 aromatic carbocycles. The summed E-state index contributed by atoms with van der Waals surface area (Å²) < 4.78 is 13.3. The van der Waals surface area contributed by atoms with Gasteiger partial charge in [-0.2, -0.15) is 0 Å². The first kappa shape index (κ1) is 18.4. The van der Waals surface area contributed by atoms with Crippen LogP contribution in [0.2, 0.25) is 0 Å². The number of nitrogens with zero attached hydrogens (tertiary/aromatic N) is 2. The van der Waals surface area contributed by atoms with Gasteiger partial charge in [0.15, 0.2) is 0 Å². The molecule has 28 heavy (non-hydrogen) atoms. The summed E-state index contributed by atoms with van der Waals surface area (Å²) in [5.74, 6) is 0.0503. The fraction of sp³-hybridized carbons (Fsp3) is 0.250. The van der Waals surface area contributed by atoms with Crippen LogP contribution < -0.4 is 0 Å². The Morgan fingerprint density at radius 2 is 1.79 bits per heavy atom. The number of halogens is 1. The van der Waals surface area contributed by atoms with Gasteiger partial charge in [0, 0.05) is 36.0 Å². The molecule has 0 N–H and O–H groups in total. The van der Waals surface area contributed by atoms with E-state index in [0.29, 0.717) is 6.54 Å². The summed E-state index contributed by atoms with van der Waals surface area (Å²) in [6, 6.07) is 20.1. The maximum Gasteiger partial charge on any atom is 0.253 e. The van der Waals surface area contributed by atoms with Gasteiger partial charge in [0.2, 0.25) is 0 Å². The van der Waals surface area contributed by atoms with E-state index in [2.05, 4.69) is 6.07 Å². The quantitative estimate of drug-likeness (QED) is 0.630. The highest BCUT2D eigenvalue weighted by Gasteiger charge is 2.26. The van der Waals surface area contributed by atoms with Crippen molar-refractivity contribution in [3.05, 3.63) is 89.5 Å². The van der Waals surface area contributed by atoms with E-state index < -0.39 is 0 Å². The van der Waals surface area contributed by atoms with Crippen molar-refractivity contribution in [3.8, 4) is 11.1 Å². The molecular formula is C24H23FN2O. The van der Waals surface area contributed by atoms with E-state index in [9.17, 15) is 9.18 Å². The summed E-state index contributed by atoms with van der Waals surface area (Å²) in [7, 11) is 0. The summed E-state index contributed by atoms with van der Waals surface area (Å²) in [5.41, 5.74) is 4.68. The molecule has 1 atom stereocenters. The topological polar surface area (TPSA) is 33.2 Å². The molecule has 1 aliphatic heterocycles. The highest BCUT2D eigenvalue weighted by Crippen LogP contribution is 2.30. The van der Waals surface area contributed by atoms with Crippen molar-refractivity contribution in [1.82, 2.24) is 9.88 Å². The number of likely N-dealkylation sites (tertiary alicyclic amines) is 1. The second-order valence-electron chi connectivity index (χ2n) is 7.39. The predicted octanol–water partition coefficient (Wildman–Crippen LogP) is 5.22. The zero-order chi connectivity index (χ0) is 19.5. The van der Waals surface area contributed by atoms with E-state index in [1.165, 1.54) is 12.1 Å². The number of rotatable bonds is 3. The van der Waals surface area contributed by atoms with Crippen molar-refractivity contribution in [3.63, 3.8) is 0 Å². The van der Waals surface area contributed by atoms with Gasteiger partial charge >= 0.3 is 0 Å². The highest BCUT2D eigenvalue weighted by atomic mass is 19.1. The van der Waals surface area contributed by atoms with Gasteiger partial charge < -0.3 is 4.90 Å². The SMILES string of the molecule is Cc1cc(-c2ccc(F)cc2)cc(C2CCCN(C(=O)c3ccccc3)C2)n1. The Labute approximate surface area is 164 Å². The summed E-state index contributed by atoms with van der Waals surface area (Å²) >= 11 is 0. The standard InChI is InChI=1S/C24H23FN2O/c1-17-14-21(18-9-11-22(25)12-10-18)15-23(26-17)20-8-5-13-27(16-20)24(28)19-6-3-2-4-7-19/h2-4,6-7,9-12,14-15,20H,5,8,13,16H2,1H3. The van der Waals surface area contributed by atoms with Gasteiger partial charge in [0.25, 0.3) is 5.91 Å². The molecule has 3 aromatic rings. The third-order valence-corrected chi connectivity index (χ3v) is 5.30. The lowest BCUT2D eigenvalue weighted by molar-refractivity contribution is 0.0706. The second kappa shape index (κ2) is 7.93. The number of carbonyl (C=O) groups excluding carboxylic acids is 1. The fourth-order valence-electron chi connectivity index (χ4n) is 3.88. The molecule has 1 unspecified atom stereocenters. The first-order chi connectivity index (χ1) is 13.6. The Balaban J connectivity index is 1.58. The van der Waals surface area contributed by atoms with Gasteiger partial charge in [-0.15, -0.1) is 0 Å². The van der Waals surface area contributed by atoms with Crippen LogP contribution in [0.15, 0.2) is 66.7 Å². The number of hydrogen-bond acceptors (Lipinski definition) is 2. The van der Waals surface area contributed by atoms with Crippen molar-refractivity contribution in [2.45, 2.75) is 25.7 Å². The lowest BCUT2D eigenvalue weighted by atomic mass is 9.92. The van der Waals surface area contributed by atoms with Crippen molar-refractivity contribution < 1.29 is 9.18 Å². The van der Waals surface area contributed by atoms with E-state index in [4.69, 9.17) is 4.98 Å². The summed E-state index contributed by atoms with van der Waals surface area (Å²) in [4.78, 5) is 19.5. The van der Waals surface area contributed by atoms with Gasteiger partial charge in [-0.05, 0) is 67.3 Å². The van der Waals surface area contributed by atoms with Crippen LogP contribution >= 0.6 is 0 Å². The Hall–Kier alpha value is -3.01.